The molecule has 0 heterocycles. The Balaban J connectivity index is 2.55. The number of aromatic carboxylic acids is 2. The van der Waals surface area contributed by atoms with Crippen molar-refractivity contribution in [2.75, 3.05) is 0 Å². The summed E-state index contributed by atoms with van der Waals surface area (Å²) in [5.41, 5.74) is 6.69. The van der Waals surface area contributed by atoms with Crippen LogP contribution in [0.3, 0.4) is 0 Å². The lowest BCUT2D eigenvalue weighted by Crippen LogP contribution is -2.08. The molecule has 0 bridgehead atoms. The van der Waals surface area contributed by atoms with Gasteiger partial charge in [0, 0.05) is 0 Å². The van der Waals surface area contributed by atoms with Crippen LogP contribution < -0.4 is 0 Å². The van der Waals surface area contributed by atoms with Crippen molar-refractivity contribution >= 4 is 11.9 Å². The fourth-order valence-electron chi connectivity index (χ4n) is 4.40. The Hall–Kier alpha value is -3.40. The molecule has 4 heteroatoms. The predicted molar refractivity (Wildman–Crippen MR) is 124 cm³/mol. The van der Waals surface area contributed by atoms with Crippen LogP contribution in [0.5, 0.6) is 0 Å². The molecule has 0 saturated carbocycles. The zero-order valence-electron chi connectivity index (χ0n) is 18.2. The van der Waals surface area contributed by atoms with Crippen LogP contribution in [0.15, 0.2) is 54.6 Å². The van der Waals surface area contributed by atoms with E-state index in [9.17, 15) is 19.8 Å². The fourth-order valence-corrected chi connectivity index (χ4v) is 4.40. The maximum absolute atomic E-state index is 12.1. The largest absolute Gasteiger partial charge is 0.478 e. The van der Waals surface area contributed by atoms with Crippen molar-refractivity contribution in [2.24, 2.45) is 0 Å². The monoisotopic (exact) mass is 416 g/mol. The van der Waals surface area contributed by atoms with Crippen molar-refractivity contribution in [1.82, 2.24) is 0 Å². The molecule has 160 valence electrons. The Morgan fingerprint density at radius 3 is 1.68 bits per heavy atom. The van der Waals surface area contributed by atoms with E-state index in [-0.39, 0.29) is 11.1 Å². The van der Waals surface area contributed by atoms with Crippen molar-refractivity contribution in [2.45, 2.75) is 46.5 Å². The van der Waals surface area contributed by atoms with Gasteiger partial charge in [0.15, 0.2) is 0 Å². The van der Waals surface area contributed by atoms with Gasteiger partial charge in [0.25, 0.3) is 0 Å². The summed E-state index contributed by atoms with van der Waals surface area (Å²) in [5.74, 6) is -1.99. The number of aryl methyl sites for hydroxylation is 2. The first-order valence-electron chi connectivity index (χ1n) is 10.8. The van der Waals surface area contributed by atoms with Gasteiger partial charge in [0.1, 0.15) is 0 Å². The standard InChI is InChI=1S/C27H28O4/c1-4-11-18-16-17(5-2)24(20-12-7-9-14-22(20)26(28)29)25(19(18)6-3)21-13-8-10-15-23(21)27(30)31/h7-10,12-16H,4-6,11H2,1-3H3,(H,28,29)(H,30,31). The highest BCUT2D eigenvalue weighted by atomic mass is 16.4. The molecule has 0 atom stereocenters. The zero-order chi connectivity index (χ0) is 22.5. The minimum absolute atomic E-state index is 0.219. The molecule has 0 spiro atoms. The average Bonchev–Trinajstić information content (AvgIpc) is 2.78. The first-order chi connectivity index (χ1) is 14.9. The molecule has 0 aliphatic rings. The maximum Gasteiger partial charge on any atom is 0.336 e. The van der Waals surface area contributed by atoms with Crippen molar-refractivity contribution in [3.63, 3.8) is 0 Å². The highest BCUT2D eigenvalue weighted by molar-refractivity contribution is 6.04. The third-order valence-electron chi connectivity index (χ3n) is 5.72. The fraction of sp³-hybridized carbons (Fsp3) is 0.259. The number of carboxylic acids is 2. The van der Waals surface area contributed by atoms with Crippen LogP contribution in [0.2, 0.25) is 0 Å². The highest BCUT2D eigenvalue weighted by Crippen LogP contribution is 2.43. The van der Waals surface area contributed by atoms with E-state index in [2.05, 4.69) is 26.8 Å². The summed E-state index contributed by atoms with van der Waals surface area (Å²) in [6, 6.07) is 16.2. The molecule has 0 saturated heterocycles. The SMILES string of the molecule is CCCc1cc(CC)c(-c2ccccc2C(=O)O)c(-c2ccccc2C(=O)O)c1CC. The van der Waals surface area contributed by atoms with E-state index in [4.69, 9.17) is 0 Å². The molecular weight excluding hydrogens is 388 g/mol. The minimum atomic E-state index is -0.995. The molecule has 0 aliphatic carbocycles. The lowest BCUT2D eigenvalue weighted by atomic mass is 9.79. The van der Waals surface area contributed by atoms with Gasteiger partial charge < -0.3 is 10.2 Å². The van der Waals surface area contributed by atoms with Crippen molar-refractivity contribution < 1.29 is 19.8 Å². The second-order valence-corrected chi connectivity index (χ2v) is 7.58. The van der Waals surface area contributed by atoms with Crippen LogP contribution >= 0.6 is 0 Å². The summed E-state index contributed by atoms with van der Waals surface area (Å²) in [4.78, 5) is 24.1. The second-order valence-electron chi connectivity index (χ2n) is 7.58. The van der Waals surface area contributed by atoms with Gasteiger partial charge >= 0.3 is 11.9 Å². The molecule has 0 aromatic heterocycles. The lowest BCUT2D eigenvalue weighted by Gasteiger charge is -2.24. The van der Waals surface area contributed by atoms with Crippen LogP contribution in [0.4, 0.5) is 0 Å². The first kappa shape index (κ1) is 22.3. The number of benzene rings is 3. The number of hydrogen-bond donors (Lipinski definition) is 2. The zero-order valence-corrected chi connectivity index (χ0v) is 18.2. The van der Waals surface area contributed by atoms with Gasteiger partial charge in [-0.3, -0.25) is 0 Å². The number of carbonyl (C=O) groups is 2. The molecule has 31 heavy (non-hydrogen) atoms. The van der Waals surface area contributed by atoms with Crippen molar-refractivity contribution in [3.8, 4) is 22.3 Å². The Morgan fingerprint density at radius 2 is 1.23 bits per heavy atom. The molecule has 3 rings (SSSR count). The smallest absolute Gasteiger partial charge is 0.336 e. The molecule has 0 fully saturated rings. The van der Waals surface area contributed by atoms with Gasteiger partial charge in [-0.05, 0) is 70.3 Å². The van der Waals surface area contributed by atoms with E-state index in [0.717, 1.165) is 41.5 Å². The Morgan fingerprint density at radius 1 is 0.710 bits per heavy atom. The van der Waals surface area contributed by atoms with Gasteiger partial charge in [-0.25, -0.2) is 9.59 Å². The molecule has 0 aliphatic heterocycles. The third-order valence-corrected chi connectivity index (χ3v) is 5.72. The predicted octanol–water partition coefficient (Wildman–Crippen LogP) is 6.49. The van der Waals surface area contributed by atoms with Crippen LogP contribution in [0, 0.1) is 0 Å². The van der Waals surface area contributed by atoms with E-state index in [1.807, 2.05) is 24.3 Å². The van der Waals surface area contributed by atoms with E-state index < -0.39 is 11.9 Å². The highest BCUT2D eigenvalue weighted by Gasteiger charge is 2.24. The molecule has 3 aromatic carbocycles. The summed E-state index contributed by atoms with van der Waals surface area (Å²) in [6.45, 7) is 6.25. The number of rotatable bonds is 8. The molecular formula is C27H28O4. The Bertz CT molecular complexity index is 1130. The number of carboxylic acid groups (broad SMARTS) is 2. The summed E-state index contributed by atoms with van der Waals surface area (Å²) in [7, 11) is 0. The topological polar surface area (TPSA) is 74.6 Å². The number of hydrogen-bond acceptors (Lipinski definition) is 2. The summed E-state index contributed by atoms with van der Waals surface area (Å²) in [6.07, 6.45) is 3.30. The van der Waals surface area contributed by atoms with E-state index >= 15 is 0 Å². The van der Waals surface area contributed by atoms with Gasteiger partial charge in [-0.15, -0.1) is 0 Å². The molecule has 0 radical (unpaired) electrons. The normalized spacial score (nSPS) is 10.8. The van der Waals surface area contributed by atoms with Gasteiger partial charge in [0.2, 0.25) is 0 Å². The summed E-state index contributed by atoms with van der Waals surface area (Å²) in [5, 5.41) is 19.8. The summed E-state index contributed by atoms with van der Waals surface area (Å²) >= 11 is 0. The Kier molecular flexibility index (Phi) is 6.91. The quantitative estimate of drug-likeness (QED) is 0.440. The van der Waals surface area contributed by atoms with Crippen LogP contribution in [-0.4, -0.2) is 22.2 Å². The maximum atomic E-state index is 12.1. The van der Waals surface area contributed by atoms with Gasteiger partial charge in [-0.1, -0.05) is 69.7 Å². The van der Waals surface area contributed by atoms with Crippen LogP contribution in [0.25, 0.3) is 22.3 Å². The van der Waals surface area contributed by atoms with Crippen LogP contribution in [-0.2, 0) is 19.3 Å². The molecule has 0 unspecified atom stereocenters. The van der Waals surface area contributed by atoms with E-state index in [0.29, 0.717) is 17.5 Å². The third kappa shape index (κ3) is 4.24. The van der Waals surface area contributed by atoms with Crippen molar-refractivity contribution in [3.05, 3.63) is 82.4 Å². The average molecular weight is 417 g/mol. The molecule has 2 N–H and O–H groups in total. The molecule has 3 aromatic rings. The van der Waals surface area contributed by atoms with E-state index in [1.165, 1.54) is 5.56 Å². The molecule has 0 amide bonds. The lowest BCUT2D eigenvalue weighted by molar-refractivity contribution is 0.0686. The summed E-state index contributed by atoms with van der Waals surface area (Å²) < 4.78 is 0. The molecule has 4 nitrogen and oxygen atoms in total. The first-order valence-corrected chi connectivity index (χ1v) is 10.8. The van der Waals surface area contributed by atoms with Gasteiger partial charge in [0.05, 0.1) is 11.1 Å². The van der Waals surface area contributed by atoms with Gasteiger partial charge in [-0.2, -0.15) is 0 Å². The minimum Gasteiger partial charge on any atom is -0.478 e. The van der Waals surface area contributed by atoms with Crippen LogP contribution in [0.1, 0.15) is 64.6 Å². The second kappa shape index (κ2) is 9.61. The van der Waals surface area contributed by atoms with E-state index in [1.54, 1.807) is 24.3 Å². The van der Waals surface area contributed by atoms with Crippen molar-refractivity contribution in [1.29, 1.82) is 0 Å². The Labute approximate surface area is 183 Å².